The molecule has 0 unspecified atom stereocenters. The van der Waals surface area contributed by atoms with Gasteiger partial charge < -0.3 is 15.0 Å². The fourth-order valence-electron chi connectivity index (χ4n) is 4.82. The van der Waals surface area contributed by atoms with Gasteiger partial charge in [-0.1, -0.05) is 0 Å². The van der Waals surface area contributed by atoms with E-state index in [4.69, 9.17) is 4.74 Å². The lowest BCUT2D eigenvalue weighted by molar-refractivity contribution is -0.135. The topological polar surface area (TPSA) is 88.6 Å². The van der Waals surface area contributed by atoms with Gasteiger partial charge in [0.15, 0.2) is 15.4 Å². The number of halogens is 1. The summed E-state index contributed by atoms with van der Waals surface area (Å²) in [6, 6.07) is 8.08. The molecule has 0 saturated carbocycles. The van der Waals surface area contributed by atoms with Gasteiger partial charge in [0.2, 0.25) is 0 Å². The summed E-state index contributed by atoms with van der Waals surface area (Å²) in [7, 11) is -3.28. The number of aryl methyl sites for hydroxylation is 1. The maximum atomic E-state index is 13.4. The fraction of sp³-hybridized carbons (Fsp3) is 0.500. The molecule has 0 radical (unpaired) electrons. The number of carbonyl (C=O) groups is 1. The number of hydrogen-bond donors (Lipinski definition) is 1. The number of pyridine rings is 1. The Labute approximate surface area is 194 Å². The molecule has 178 valence electrons. The number of rotatable bonds is 6. The standard InChI is InChI=1S/C24H30FN3O4S/c1-15-11-16(25)5-9-21(15)32-24(2,3)23(29)27-17-12-18-6-7-19(13-17)28(18)22-10-8-20(14-26-22)33(4,30)31/h5,8-11,14,17-19H,6-7,12-13H2,1-4H3,(H,27,29)/t17-,18+,19-. The smallest absolute Gasteiger partial charge is 0.263 e. The van der Waals surface area contributed by atoms with Crippen LogP contribution in [-0.4, -0.2) is 49.3 Å². The van der Waals surface area contributed by atoms with Crippen molar-refractivity contribution in [2.75, 3.05) is 11.2 Å². The van der Waals surface area contributed by atoms with Crippen LogP contribution in [-0.2, 0) is 14.6 Å². The number of amides is 1. The molecule has 1 amide bonds. The predicted molar refractivity (Wildman–Crippen MR) is 124 cm³/mol. The highest BCUT2D eigenvalue weighted by molar-refractivity contribution is 7.90. The van der Waals surface area contributed by atoms with Gasteiger partial charge in [0.1, 0.15) is 17.4 Å². The van der Waals surface area contributed by atoms with Crippen molar-refractivity contribution in [3.8, 4) is 5.75 Å². The van der Waals surface area contributed by atoms with E-state index in [2.05, 4.69) is 15.2 Å². The van der Waals surface area contributed by atoms with Crippen molar-refractivity contribution < 1.29 is 22.3 Å². The Bertz CT molecular complexity index is 1140. The number of anilines is 1. The quantitative estimate of drug-likeness (QED) is 0.689. The molecule has 3 atom stereocenters. The lowest BCUT2D eigenvalue weighted by Gasteiger charge is -2.40. The summed E-state index contributed by atoms with van der Waals surface area (Å²) in [6.45, 7) is 5.17. The molecular formula is C24H30FN3O4S. The van der Waals surface area contributed by atoms with Crippen molar-refractivity contribution in [2.24, 2.45) is 0 Å². The van der Waals surface area contributed by atoms with E-state index in [1.54, 1.807) is 39.0 Å². The molecular weight excluding hydrogens is 445 g/mol. The molecule has 1 N–H and O–H groups in total. The van der Waals surface area contributed by atoms with E-state index in [0.717, 1.165) is 31.5 Å². The Morgan fingerprint density at radius 1 is 1.18 bits per heavy atom. The van der Waals surface area contributed by atoms with Crippen molar-refractivity contribution in [3.63, 3.8) is 0 Å². The number of aromatic nitrogens is 1. The van der Waals surface area contributed by atoms with Crippen LogP contribution in [0.4, 0.5) is 10.2 Å². The van der Waals surface area contributed by atoms with Crippen LogP contribution in [0.5, 0.6) is 5.75 Å². The molecule has 1 aromatic carbocycles. The van der Waals surface area contributed by atoms with Gasteiger partial charge in [0.05, 0.1) is 4.90 Å². The molecule has 4 rings (SSSR count). The molecule has 33 heavy (non-hydrogen) atoms. The first-order chi connectivity index (χ1) is 15.4. The zero-order valence-electron chi connectivity index (χ0n) is 19.3. The highest BCUT2D eigenvalue weighted by Crippen LogP contribution is 2.39. The molecule has 3 heterocycles. The van der Waals surface area contributed by atoms with Gasteiger partial charge in [-0.2, -0.15) is 0 Å². The molecule has 2 bridgehead atoms. The van der Waals surface area contributed by atoms with Crippen LogP contribution in [0.15, 0.2) is 41.4 Å². The third kappa shape index (κ3) is 4.98. The number of nitrogens with zero attached hydrogens (tertiary/aromatic N) is 2. The van der Waals surface area contributed by atoms with Crippen molar-refractivity contribution >= 4 is 21.6 Å². The molecule has 2 aliphatic heterocycles. The third-order valence-electron chi connectivity index (χ3n) is 6.53. The third-order valence-corrected chi connectivity index (χ3v) is 7.63. The Morgan fingerprint density at radius 2 is 1.85 bits per heavy atom. The van der Waals surface area contributed by atoms with Gasteiger partial charge in [-0.25, -0.2) is 17.8 Å². The van der Waals surface area contributed by atoms with Crippen LogP contribution >= 0.6 is 0 Å². The SMILES string of the molecule is Cc1cc(F)ccc1OC(C)(C)C(=O)N[C@H]1C[C@H]2CC[C@@H](C1)N2c1ccc(S(C)(=O)=O)cn1. The van der Waals surface area contributed by atoms with Crippen molar-refractivity contribution in [2.45, 2.75) is 75.1 Å². The molecule has 9 heteroatoms. The average molecular weight is 476 g/mol. The highest BCUT2D eigenvalue weighted by Gasteiger charge is 2.43. The molecule has 0 spiro atoms. The van der Waals surface area contributed by atoms with Gasteiger partial charge in [-0.15, -0.1) is 0 Å². The monoisotopic (exact) mass is 475 g/mol. The molecule has 2 aromatic rings. The molecule has 0 aliphatic carbocycles. The number of ether oxygens (including phenoxy) is 1. The van der Waals surface area contributed by atoms with Crippen molar-refractivity contribution in [3.05, 3.63) is 47.9 Å². The zero-order chi connectivity index (χ0) is 24.0. The Morgan fingerprint density at radius 3 is 2.39 bits per heavy atom. The Kier molecular flexibility index (Phi) is 6.11. The van der Waals surface area contributed by atoms with E-state index >= 15 is 0 Å². The summed E-state index contributed by atoms with van der Waals surface area (Å²) in [5.74, 6) is 0.703. The predicted octanol–water partition coefficient (Wildman–Crippen LogP) is 3.41. The number of hydrogen-bond acceptors (Lipinski definition) is 6. The summed E-state index contributed by atoms with van der Waals surface area (Å²) < 4.78 is 42.8. The van der Waals surface area contributed by atoms with E-state index in [0.29, 0.717) is 11.3 Å². The summed E-state index contributed by atoms with van der Waals surface area (Å²) in [4.78, 5) is 19.9. The summed E-state index contributed by atoms with van der Waals surface area (Å²) >= 11 is 0. The van der Waals surface area contributed by atoms with E-state index in [9.17, 15) is 17.6 Å². The van der Waals surface area contributed by atoms with E-state index in [-0.39, 0.29) is 34.7 Å². The van der Waals surface area contributed by atoms with Gasteiger partial charge in [-0.3, -0.25) is 4.79 Å². The second-order valence-electron chi connectivity index (χ2n) is 9.58. The minimum absolute atomic E-state index is 0.0127. The van der Waals surface area contributed by atoms with Gasteiger partial charge >= 0.3 is 0 Å². The van der Waals surface area contributed by atoms with E-state index < -0.39 is 15.4 Å². The number of fused-ring (bicyclic) bond motifs is 2. The highest BCUT2D eigenvalue weighted by atomic mass is 32.2. The van der Waals surface area contributed by atoms with Gasteiger partial charge in [0.25, 0.3) is 5.91 Å². The largest absolute Gasteiger partial charge is 0.478 e. The first-order valence-electron chi connectivity index (χ1n) is 11.1. The normalized spacial score (nSPS) is 22.8. The molecule has 2 fully saturated rings. The van der Waals surface area contributed by atoms with Crippen LogP contribution in [0.3, 0.4) is 0 Å². The number of piperidine rings is 1. The van der Waals surface area contributed by atoms with Gasteiger partial charge in [-0.05, 0) is 82.3 Å². The summed E-state index contributed by atoms with van der Waals surface area (Å²) in [5.41, 5.74) is -0.474. The lowest BCUT2D eigenvalue weighted by Crippen LogP contribution is -2.55. The lowest BCUT2D eigenvalue weighted by atomic mass is 9.96. The van der Waals surface area contributed by atoms with Crippen LogP contribution in [0.25, 0.3) is 0 Å². The summed E-state index contributed by atoms with van der Waals surface area (Å²) in [5, 5.41) is 3.15. The number of carbonyl (C=O) groups excluding carboxylic acids is 1. The molecule has 2 aliphatic rings. The Balaban J connectivity index is 1.41. The summed E-state index contributed by atoms with van der Waals surface area (Å²) in [6.07, 6.45) is 6.15. The van der Waals surface area contributed by atoms with Gasteiger partial charge in [0, 0.05) is 30.6 Å². The number of sulfone groups is 1. The van der Waals surface area contributed by atoms with Crippen LogP contribution < -0.4 is 15.0 Å². The van der Waals surface area contributed by atoms with Crippen LogP contribution in [0.1, 0.15) is 45.1 Å². The maximum Gasteiger partial charge on any atom is 0.263 e. The molecule has 7 nitrogen and oxygen atoms in total. The Hall–Kier alpha value is -2.68. The fourth-order valence-corrected chi connectivity index (χ4v) is 5.38. The molecule has 1 aromatic heterocycles. The molecule has 2 saturated heterocycles. The second-order valence-corrected chi connectivity index (χ2v) is 11.6. The second kappa shape index (κ2) is 8.59. The van der Waals surface area contributed by atoms with Crippen LogP contribution in [0.2, 0.25) is 0 Å². The minimum Gasteiger partial charge on any atom is -0.478 e. The van der Waals surface area contributed by atoms with Crippen LogP contribution in [0, 0.1) is 12.7 Å². The van der Waals surface area contributed by atoms with Crippen molar-refractivity contribution in [1.82, 2.24) is 10.3 Å². The minimum atomic E-state index is -3.28. The zero-order valence-corrected chi connectivity index (χ0v) is 20.2. The van der Waals surface area contributed by atoms with E-state index in [1.807, 2.05) is 0 Å². The number of nitrogens with one attached hydrogen (secondary N) is 1. The first-order valence-corrected chi connectivity index (χ1v) is 13.0. The van der Waals surface area contributed by atoms with Crippen molar-refractivity contribution in [1.29, 1.82) is 0 Å². The maximum absolute atomic E-state index is 13.4. The number of benzene rings is 1. The average Bonchev–Trinajstić information content (AvgIpc) is 3.00. The first kappa shape index (κ1) is 23.5. The van der Waals surface area contributed by atoms with E-state index in [1.165, 1.54) is 24.6 Å².